The zero-order valence-corrected chi connectivity index (χ0v) is 13.7. The molecule has 6 heteroatoms. The van der Waals surface area contributed by atoms with E-state index in [1.807, 2.05) is 0 Å². The van der Waals surface area contributed by atoms with E-state index < -0.39 is 11.7 Å². The van der Waals surface area contributed by atoms with Crippen LogP contribution in [0.15, 0.2) is 34.8 Å². The molecule has 0 saturated heterocycles. The van der Waals surface area contributed by atoms with E-state index in [4.69, 9.17) is 16.3 Å². The van der Waals surface area contributed by atoms with Crippen molar-refractivity contribution in [1.82, 2.24) is 0 Å². The topological polar surface area (TPSA) is 38.3 Å². The van der Waals surface area contributed by atoms with Gasteiger partial charge in [-0.2, -0.15) is 0 Å². The van der Waals surface area contributed by atoms with Gasteiger partial charge in [-0.05, 0) is 46.6 Å². The number of aryl methyl sites for hydroxylation is 1. The van der Waals surface area contributed by atoms with Crippen LogP contribution < -0.4 is 10.1 Å². The molecular weight excluding hydrogens is 361 g/mol. The van der Waals surface area contributed by atoms with Crippen molar-refractivity contribution in [2.75, 3.05) is 12.4 Å². The third-order valence-electron chi connectivity index (χ3n) is 2.93. The third-order valence-corrected chi connectivity index (χ3v) is 3.94. The first-order valence-electron chi connectivity index (χ1n) is 6.03. The standard InChI is InChI=1S/C15H12BrClFNO2/c1-8-6-12(13(21-2)7-11(8)17)19-15(20)9-4-3-5-10(16)14(9)18/h3-7H,1-2H3,(H,19,20). The molecule has 1 N–H and O–H groups in total. The average molecular weight is 373 g/mol. The molecule has 2 rings (SSSR count). The minimum absolute atomic E-state index is 0.0565. The Bertz CT molecular complexity index is 706. The van der Waals surface area contributed by atoms with Gasteiger partial charge in [-0.25, -0.2) is 4.39 Å². The summed E-state index contributed by atoms with van der Waals surface area (Å²) in [7, 11) is 1.47. The Labute approximate surface area is 135 Å². The van der Waals surface area contributed by atoms with Crippen LogP contribution in [-0.2, 0) is 0 Å². The Hall–Kier alpha value is -1.59. The van der Waals surface area contributed by atoms with E-state index in [1.165, 1.54) is 19.2 Å². The number of hydrogen-bond donors (Lipinski definition) is 1. The monoisotopic (exact) mass is 371 g/mol. The summed E-state index contributed by atoms with van der Waals surface area (Å²) in [4.78, 5) is 12.2. The van der Waals surface area contributed by atoms with Gasteiger partial charge in [0, 0.05) is 11.1 Å². The second-order valence-electron chi connectivity index (χ2n) is 4.36. The van der Waals surface area contributed by atoms with Gasteiger partial charge in [0.15, 0.2) is 0 Å². The van der Waals surface area contributed by atoms with Gasteiger partial charge in [-0.15, -0.1) is 0 Å². The molecule has 110 valence electrons. The van der Waals surface area contributed by atoms with Crippen LogP contribution in [0.2, 0.25) is 5.02 Å². The van der Waals surface area contributed by atoms with Crippen molar-refractivity contribution in [2.24, 2.45) is 0 Å². The highest BCUT2D eigenvalue weighted by Gasteiger charge is 2.16. The smallest absolute Gasteiger partial charge is 0.258 e. The SMILES string of the molecule is COc1cc(Cl)c(C)cc1NC(=O)c1cccc(Br)c1F. The van der Waals surface area contributed by atoms with Crippen molar-refractivity contribution in [3.05, 3.63) is 56.8 Å². The maximum absolute atomic E-state index is 13.9. The van der Waals surface area contributed by atoms with Gasteiger partial charge in [0.25, 0.3) is 5.91 Å². The van der Waals surface area contributed by atoms with E-state index in [0.29, 0.717) is 16.5 Å². The third kappa shape index (κ3) is 3.36. The number of halogens is 3. The number of anilines is 1. The lowest BCUT2D eigenvalue weighted by molar-refractivity contribution is 0.102. The van der Waals surface area contributed by atoms with E-state index in [1.54, 1.807) is 25.1 Å². The summed E-state index contributed by atoms with van der Waals surface area (Å²) in [5.41, 5.74) is 1.16. The highest BCUT2D eigenvalue weighted by molar-refractivity contribution is 9.10. The predicted molar refractivity (Wildman–Crippen MR) is 84.8 cm³/mol. The number of carbonyl (C=O) groups is 1. The van der Waals surface area contributed by atoms with Gasteiger partial charge >= 0.3 is 0 Å². The van der Waals surface area contributed by atoms with Crippen LogP contribution in [0.3, 0.4) is 0 Å². The molecule has 3 nitrogen and oxygen atoms in total. The Morgan fingerprint density at radius 3 is 2.76 bits per heavy atom. The lowest BCUT2D eigenvalue weighted by Crippen LogP contribution is -2.14. The summed E-state index contributed by atoms with van der Waals surface area (Å²) in [6.45, 7) is 1.80. The zero-order valence-electron chi connectivity index (χ0n) is 11.3. The normalized spacial score (nSPS) is 10.3. The first kappa shape index (κ1) is 15.8. The summed E-state index contributed by atoms with van der Waals surface area (Å²) < 4.78 is 19.3. The number of nitrogens with one attached hydrogen (secondary N) is 1. The lowest BCUT2D eigenvalue weighted by Gasteiger charge is -2.12. The molecule has 0 unspecified atom stereocenters. The molecule has 0 aliphatic rings. The number of amides is 1. The maximum Gasteiger partial charge on any atom is 0.258 e. The van der Waals surface area contributed by atoms with Crippen molar-refractivity contribution >= 4 is 39.1 Å². The predicted octanol–water partition coefficient (Wildman–Crippen LogP) is 4.81. The molecule has 2 aromatic rings. The Morgan fingerprint density at radius 1 is 1.38 bits per heavy atom. The molecule has 0 saturated carbocycles. The van der Waals surface area contributed by atoms with Crippen LogP contribution >= 0.6 is 27.5 Å². The quantitative estimate of drug-likeness (QED) is 0.839. The minimum atomic E-state index is -0.611. The summed E-state index contributed by atoms with van der Waals surface area (Å²) in [5, 5.41) is 3.16. The minimum Gasteiger partial charge on any atom is -0.495 e. The van der Waals surface area contributed by atoms with Crippen molar-refractivity contribution in [3.63, 3.8) is 0 Å². The van der Waals surface area contributed by atoms with Crippen LogP contribution in [0.4, 0.5) is 10.1 Å². The van der Waals surface area contributed by atoms with Crippen LogP contribution in [0.1, 0.15) is 15.9 Å². The van der Waals surface area contributed by atoms with Crippen molar-refractivity contribution in [1.29, 1.82) is 0 Å². The van der Waals surface area contributed by atoms with Crippen molar-refractivity contribution in [2.45, 2.75) is 6.92 Å². The Kier molecular flexibility index (Phi) is 4.85. The molecule has 21 heavy (non-hydrogen) atoms. The highest BCUT2D eigenvalue weighted by Crippen LogP contribution is 2.31. The van der Waals surface area contributed by atoms with E-state index in [9.17, 15) is 9.18 Å². The number of benzene rings is 2. The van der Waals surface area contributed by atoms with Gasteiger partial charge in [-0.3, -0.25) is 4.79 Å². The number of methoxy groups -OCH3 is 1. The van der Waals surface area contributed by atoms with E-state index in [2.05, 4.69) is 21.2 Å². The second kappa shape index (κ2) is 6.45. The number of rotatable bonds is 3. The average Bonchev–Trinajstić information content (AvgIpc) is 2.45. The van der Waals surface area contributed by atoms with E-state index >= 15 is 0 Å². The van der Waals surface area contributed by atoms with Crippen LogP contribution in [0.25, 0.3) is 0 Å². The number of ether oxygens (including phenoxy) is 1. The van der Waals surface area contributed by atoms with Crippen LogP contribution in [0.5, 0.6) is 5.75 Å². The van der Waals surface area contributed by atoms with Crippen molar-refractivity contribution in [3.8, 4) is 5.75 Å². The molecular formula is C15H12BrClFNO2. The molecule has 0 aliphatic carbocycles. The second-order valence-corrected chi connectivity index (χ2v) is 5.62. The lowest BCUT2D eigenvalue weighted by atomic mass is 10.1. The van der Waals surface area contributed by atoms with E-state index in [-0.39, 0.29) is 10.0 Å². The van der Waals surface area contributed by atoms with Gasteiger partial charge in [0.2, 0.25) is 0 Å². The first-order valence-corrected chi connectivity index (χ1v) is 7.20. The van der Waals surface area contributed by atoms with Crippen molar-refractivity contribution < 1.29 is 13.9 Å². The number of hydrogen-bond acceptors (Lipinski definition) is 2. The fraction of sp³-hybridized carbons (Fsp3) is 0.133. The molecule has 0 radical (unpaired) electrons. The van der Waals surface area contributed by atoms with E-state index in [0.717, 1.165) is 5.56 Å². The molecule has 0 heterocycles. The fourth-order valence-electron chi connectivity index (χ4n) is 1.80. The van der Waals surface area contributed by atoms with Gasteiger partial charge in [-0.1, -0.05) is 17.7 Å². The van der Waals surface area contributed by atoms with Crippen LogP contribution in [0, 0.1) is 12.7 Å². The fourth-order valence-corrected chi connectivity index (χ4v) is 2.32. The zero-order chi connectivity index (χ0) is 15.6. The van der Waals surface area contributed by atoms with Crippen LogP contribution in [-0.4, -0.2) is 13.0 Å². The molecule has 1 amide bonds. The highest BCUT2D eigenvalue weighted by atomic mass is 79.9. The van der Waals surface area contributed by atoms with Gasteiger partial charge < -0.3 is 10.1 Å². The number of carbonyl (C=O) groups excluding carboxylic acids is 1. The molecule has 0 bridgehead atoms. The molecule has 2 aromatic carbocycles. The molecule has 0 atom stereocenters. The molecule has 0 fully saturated rings. The molecule has 0 spiro atoms. The Morgan fingerprint density at radius 2 is 2.10 bits per heavy atom. The largest absolute Gasteiger partial charge is 0.495 e. The molecule has 0 aliphatic heterocycles. The summed E-state index contributed by atoms with van der Waals surface area (Å²) in [5.74, 6) is -0.761. The molecule has 0 aromatic heterocycles. The van der Waals surface area contributed by atoms with Gasteiger partial charge in [0.05, 0.1) is 22.8 Å². The maximum atomic E-state index is 13.9. The summed E-state index contributed by atoms with van der Waals surface area (Å²) in [6, 6.07) is 7.80. The summed E-state index contributed by atoms with van der Waals surface area (Å²) >= 11 is 9.06. The van der Waals surface area contributed by atoms with Gasteiger partial charge in [0.1, 0.15) is 11.6 Å². The first-order chi connectivity index (χ1) is 9.93. The Balaban J connectivity index is 2.36. The summed E-state index contributed by atoms with van der Waals surface area (Å²) in [6.07, 6.45) is 0.